The van der Waals surface area contributed by atoms with E-state index in [1.807, 2.05) is 35.7 Å². The Morgan fingerprint density at radius 2 is 1.96 bits per heavy atom. The second-order valence-electron chi connectivity index (χ2n) is 5.97. The van der Waals surface area contributed by atoms with Crippen LogP contribution in [0.25, 0.3) is 11.3 Å². The van der Waals surface area contributed by atoms with Gasteiger partial charge >= 0.3 is 0 Å². The van der Waals surface area contributed by atoms with Crippen molar-refractivity contribution in [2.45, 2.75) is 4.90 Å². The van der Waals surface area contributed by atoms with Gasteiger partial charge in [-0.05, 0) is 24.3 Å². The van der Waals surface area contributed by atoms with Crippen molar-refractivity contribution in [1.29, 1.82) is 0 Å². The lowest BCUT2D eigenvalue weighted by atomic mass is 10.2. The molecule has 1 N–H and O–H groups in total. The number of methoxy groups -OCH3 is 1. The molecular formula is C19H20N4O3S2. The van der Waals surface area contributed by atoms with Crippen LogP contribution in [0, 0.1) is 0 Å². The molecule has 1 heterocycles. The highest BCUT2D eigenvalue weighted by Crippen LogP contribution is 2.27. The molecule has 0 aliphatic carbocycles. The number of nitrogens with zero attached hydrogens (tertiary/aromatic N) is 3. The average molecular weight is 417 g/mol. The summed E-state index contributed by atoms with van der Waals surface area (Å²) in [7, 11) is 1.13. The summed E-state index contributed by atoms with van der Waals surface area (Å²) in [6.07, 6.45) is 1.66. The summed E-state index contributed by atoms with van der Waals surface area (Å²) in [5.74, 6) is 0.729. The van der Waals surface area contributed by atoms with E-state index in [1.54, 1.807) is 31.5 Å². The van der Waals surface area contributed by atoms with Gasteiger partial charge in [0, 0.05) is 30.6 Å². The first-order chi connectivity index (χ1) is 13.4. The smallest absolute Gasteiger partial charge is 0.242 e. The van der Waals surface area contributed by atoms with E-state index in [0.29, 0.717) is 10.8 Å². The Hall–Kier alpha value is -2.75. The summed E-state index contributed by atoms with van der Waals surface area (Å²) in [6, 6.07) is 14.3. The molecule has 0 atom stereocenters. The normalized spacial score (nSPS) is 11.9. The summed E-state index contributed by atoms with van der Waals surface area (Å²) in [6.45, 7) is 0. The van der Waals surface area contributed by atoms with Crippen molar-refractivity contribution < 1.29 is 13.2 Å². The van der Waals surface area contributed by atoms with Crippen LogP contribution in [0.3, 0.4) is 0 Å². The molecule has 0 saturated carbocycles. The van der Waals surface area contributed by atoms with Gasteiger partial charge in [0.05, 0.1) is 23.9 Å². The molecule has 0 unspecified atom stereocenters. The minimum absolute atomic E-state index is 0.228. The summed E-state index contributed by atoms with van der Waals surface area (Å²) < 4.78 is 31.1. The van der Waals surface area contributed by atoms with Gasteiger partial charge in [-0.2, -0.15) is 5.10 Å². The van der Waals surface area contributed by atoms with E-state index in [-0.39, 0.29) is 4.90 Å². The van der Waals surface area contributed by atoms with Gasteiger partial charge in [0.15, 0.2) is 0 Å². The number of nitrogens with one attached hydrogen (secondary N) is 1. The second kappa shape index (κ2) is 8.51. The van der Waals surface area contributed by atoms with Crippen LogP contribution < -0.4 is 10.2 Å². The summed E-state index contributed by atoms with van der Waals surface area (Å²) in [5.41, 5.74) is 5.14. The third kappa shape index (κ3) is 4.38. The molecule has 3 aromatic rings. The number of hydrogen-bond acceptors (Lipinski definition) is 7. The Labute approximate surface area is 168 Å². The fourth-order valence-electron chi connectivity index (χ4n) is 2.41. The molecular weight excluding hydrogens is 396 g/mol. The minimum Gasteiger partial charge on any atom is -0.496 e. The van der Waals surface area contributed by atoms with Crippen LogP contribution in [0.4, 0.5) is 5.13 Å². The number of aromatic nitrogens is 1. The van der Waals surface area contributed by atoms with Crippen LogP contribution in [0.15, 0.2) is 63.9 Å². The second-order valence-corrected chi connectivity index (χ2v) is 8.98. The minimum atomic E-state index is -3.49. The Balaban J connectivity index is 1.77. The van der Waals surface area contributed by atoms with Crippen LogP contribution in [-0.4, -0.2) is 45.1 Å². The summed E-state index contributed by atoms with van der Waals surface area (Å²) in [5, 5.41) is 6.65. The first-order valence-electron chi connectivity index (χ1n) is 8.32. The molecule has 0 radical (unpaired) electrons. The topological polar surface area (TPSA) is 83.9 Å². The van der Waals surface area contributed by atoms with E-state index in [0.717, 1.165) is 16.9 Å². The fraction of sp³-hybridized carbons (Fsp3) is 0.158. The number of thiazole rings is 1. The third-order valence-electron chi connectivity index (χ3n) is 3.92. The number of benzene rings is 2. The predicted molar refractivity (Wildman–Crippen MR) is 113 cm³/mol. The number of anilines is 1. The van der Waals surface area contributed by atoms with Gasteiger partial charge in [-0.3, -0.25) is 5.43 Å². The molecule has 0 saturated heterocycles. The monoisotopic (exact) mass is 416 g/mol. The van der Waals surface area contributed by atoms with Gasteiger partial charge in [0.2, 0.25) is 15.2 Å². The average Bonchev–Trinajstić information content (AvgIpc) is 3.17. The van der Waals surface area contributed by atoms with E-state index in [9.17, 15) is 8.42 Å². The van der Waals surface area contributed by atoms with Crippen molar-refractivity contribution in [3.05, 3.63) is 59.5 Å². The van der Waals surface area contributed by atoms with Crippen molar-refractivity contribution in [1.82, 2.24) is 9.29 Å². The molecule has 2 aromatic carbocycles. The highest BCUT2D eigenvalue weighted by atomic mass is 32.2. The Kier molecular flexibility index (Phi) is 6.08. The van der Waals surface area contributed by atoms with Crippen molar-refractivity contribution in [2.24, 2.45) is 5.10 Å². The maximum atomic E-state index is 12.3. The Morgan fingerprint density at radius 3 is 2.71 bits per heavy atom. The van der Waals surface area contributed by atoms with Crippen LogP contribution in [0.5, 0.6) is 5.75 Å². The zero-order valence-corrected chi connectivity index (χ0v) is 17.3. The number of rotatable bonds is 7. The van der Waals surface area contributed by atoms with E-state index in [2.05, 4.69) is 15.5 Å². The van der Waals surface area contributed by atoms with E-state index in [4.69, 9.17) is 4.74 Å². The number of hydrogen-bond donors (Lipinski definition) is 1. The van der Waals surface area contributed by atoms with Gasteiger partial charge in [0.25, 0.3) is 0 Å². The largest absolute Gasteiger partial charge is 0.496 e. The summed E-state index contributed by atoms with van der Waals surface area (Å²) >= 11 is 1.38. The van der Waals surface area contributed by atoms with Crippen LogP contribution >= 0.6 is 11.3 Å². The van der Waals surface area contributed by atoms with Crippen molar-refractivity contribution in [2.75, 3.05) is 26.6 Å². The lowest BCUT2D eigenvalue weighted by molar-refractivity contribution is 0.414. The van der Waals surface area contributed by atoms with E-state index < -0.39 is 10.0 Å². The van der Waals surface area contributed by atoms with Crippen LogP contribution in [0.1, 0.15) is 5.56 Å². The van der Waals surface area contributed by atoms with Gasteiger partial charge in [-0.15, -0.1) is 11.3 Å². The number of ether oxygens (including phenoxy) is 1. The molecule has 146 valence electrons. The first kappa shape index (κ1) is 20.0. The molecule has 0 aliphatic rings. The van der Waals surface area contributed by atoms with Gasteiger partial charge < -0.3 is 4.74 Å². The van der Waals surface area contributed by atoms with Crippen LogP contribution in [-0.2, 0) is 10.0 Å². The highest BCUT2D eigenvalue weighted by molar-refractivity contribution is 7.89. The molecule has 28 heavy (non-hydrogen) atoms. The van der Waals surface area contributed by atoms with E-state index in [1.165, 1.54) is 29.7 Å². The lowest BCUT2D eigenvalue weighted by Gasteiger charge is -2.11. The van der Waals surface area contributed by atoms with E-state index >= 15 is 0 Å². The van der Waals surface area contributed by atoms with Crippen molar-refractivity contribution in [3.8, 4) is 17.0 Å². The molecule has 1 aromatic heterocycles. The third-order valence-corrected chi connectivity index (χ3v) is 6.47. The highest BCUT2D eigenvalue weighted by Gasteiger charge is 2.18. The Bertz CT molecular complexity index is 1090. The maximum absolute atomic E-state index is 12.3. The Morgan fingerprint density at radius 1 is 1.18 bits per heavy atom. The van der Waals surface area contributed by atoms with Gasteiger partial charge in [-0.1, -0.05) is 24.3 Å². The molecule has 0 fully saturated rings. The fourth-order valence-corrected chi connectivity index (χ4v) is 4.03. The van der Waals surface area contributed by atoms with Gasteiger partial charge in [0.1, 0.15) is 5.75 Å². The molecule has 9 heteroatoms. The van der Waals surface area contributed by atoms with Crippen LogP contribution in [0.2, 0.25) is 0 Å². The van der Waals surface area contributed by atoms with Gasteiger partial charge in [-0.25, -0.2) is 17.7 Å². The molecule has 7 nitrogen and oxygen atoms in total. The first-order valence-corrected chi connectivity index (χ1v) is 10.6. The predicted octanol–water partition coefficient (Wildman–Crippen LogP) is 3.52. The molecule has 0 amide bonds. The zero-order chi connectivity index (χ0) is 20.1. The quantitative estimate of drug-likeness (QED) is 0.471. The van der Waals surface area contributed by atoms with Crippen molar-refractivity contribution >= 4 is 32.7 Å². The maximum Gasteiger partial charge on any atom is 0.242 e. The molecule has 0 spiro atoms. The molecule has 0 aliphatic heterocycles. The number of hydrazone groups is 1. The zero-order valence-electron chi connectivity index (χ0n) is 15.7. The number of para-hydroxylation sites is 1. The molecule has 3 rings (SSSR count). The SMILES string of the molecule is COc1ccccc1/C=N\Nc1nc(-c2cccc(S(=O)(=O)N(C)C)c2)cs1. The number of sulfonamides is 1. The summed E-state index contributed by atoms with van der Waals surface area (Å²) in [4.78, 5) is 4.70. The molecule has 0 bridgehead atoms. The standard InChI is InChI=1S/C19H20N4O3S2/c1-23(2)28(24,25)16-9-6-8-14(11-16)17-13-27-19(21-17)22-20-12-15-7-4-5-10-18(15)26-3/h4-13H,1-3H3,(H,21,22)/b20-12-. The van der Waals surface area contributed by atoms with Crippen molar-refractivity contribution in [3.63, 3.8) is 0 Å². The lowest BCUT2D eigenvalue weighted by Crippen LogP contribution is -2.22.